The first-order valence-electron chi connectivity index (χ1n) is 5.28. The molecule has 1 N–H and O–H groups in total. The Bertz CT molecular complexity index is 672. The third-order valence-electron chi connectivity index (χ3n) is 2.57. The van der Waals surface area contributed by atoms with Crippen LogP contribution in [0.15, 0.2) is 40.6 Å². The van der Waals surface area contributed by atoms with Crippen molar-refractivity contribution in [3.05, 3.63) is 41.3 Å². The van der Waals surface area contributed by atoms with Gasteiger partial charge in [-0.25, -0.2) is 21.6 Å². The van der Waals surface area contributed by atoms with Crippen LogP contribution in [0.3, 0.4) is 0 Å². The zero-order valence-electron chi connectivity index (χ0n) is 9.70. The van der Waals surface area contributed by atoms with Crippen molar-refractivity contribution in [1.29, 1.82) is 0 Å². The van der Waals surface area contributed by atoms with E-state index in [4.69, 9.17) is 0 Å². The first-order chi connectivity index (χ1) is 8.28. The minimum absolute atomic E-state index is 0.130. The van der Waals surface area contributed by atoms with Gasteiger partial charge in [0.15, 0.2) is 9.84 Å². The molecular weight excluding hydrogens is 274 g/mol. The van der Waals surface area contributed by atoms with Crippen molar-refractivity contribution in [3.8, 4) is 0 Å². The molecule has 0 saturated heterocycles. The molecule has 98 valence electrons. The molecule has 1 aromatic rings. The number of hydrogen-bond donors (Lipinski definition) is 1. The molecule has 0 spiro atoms. The van der Waals surface area contributed by atoms with Crippen molar-refractivity contribution in [2.75, 3.05) is 5.75 Å². The standard InChI is InChI=1S/C11H13NO4S2/c1-9-2-4-11(5-3-9)18(15,16)12-10-6-7-17(13,14)8-10/h2-7,10,12H,8H2,1H3/t10-/m0/s1. The second-order valence-corrected chi connectivity index (χ2v) is 7.84. The highest BCUT2D eigenvalue weighted by Gasteiger charge is 2.26. The third-order valence-corrected chi connectivity index (χ3v) is 5.47. The maximum absolute atomic E-state index is 12.0. The van der Waals surface area contributed by atoms with Crippen molar-refractivity contribution in [3.63, 3.8) is 0 Å². The molecule has 0 amide bonds. The van der Waals surface area contributed by atoms with Crippen LogP contribution in [0.5, 0.6) is 0 Å². The van der Waals surface area contributed by atoms with E-state index < -0.39 is 25.9 Å². The molecule has 18 heavy (non-hydrogen) atoms. The molecule has 0 saturated carbocycles. The highest BCUT2D eigenvalue weighted by molar-refractivity contribution is 7.94. The summed E-state index contributed by atoms with van der Waals surface area (Å²) in [6.45, 7) is 1.86. The fourth-order valence-corrected chi connectivity index (χ4v) is 4.17. The molecule has 2 rings (SSSR count). The van der Waals surface area contributed by atoms with E-state index in [1.54, 1.807) is 12.1 Å². The van der Waals surface area contributed by atoms with Crippen LogP contribution in [0.25, 0.3) is 0 Å². The van der Waals surface area contributed by atoms with E-state index in [-0.39, 0.29) is 10.6 Å². The Labute approximate surface area is 106 Å². The van der Waals surface area contributed by atoms with Crippen molar-refractivity contribution in [1.82, 2.24) is 4.72 Å². The summed E-state index contributed by atoms with van der Waals surface area (Å²) in [6, 6.07) is 5.67. The topological polar surface area (TPSA) is 80.3 Å². The Hall–Kier alpha value is -1.18. The Balaban J connectivity index is 2.19. The van der Waals surface area contributed by atoms with E-state index in [0.717, 1.165) is 11.0 Å². The van der Waals surface area contributed by atoms with Gasteiger partial charge in [0.1, 0.15) is 0 Å². The summed E-state index contributed by atoms with van der Waals surface area (Å²) in [4.78, 5) is 0.130. The van der Waals surface area contributed by atoms with Crippen LogP contribution in [-0.2, 0) is 19.9 Å². The van der Waals surface area contributed by atoms with Crippen molar-refractivity contribution in [2.24, 2.45) is 0 Å². The van der Waals surface area contributed by atoms with E-state index in [0.29, 0.717) is 0 Å². The van der Waals surface area contributed by atoms with Crippen LogP contribution in [0, 0.1) is 6.92 Å². The Morgan fingerprint density at radius 3 is 2.33 bits per heavy atom. The summed E-state index contributed by atoms with van der Waals surface area (Å²) in [7, 11) is -6.94. The number of nitrogens with one attached hydrogen (secondary N) is 1. The van der Waals surface area contributed by atoms with E-state index >= 15 is 0 Å². The minimum atomic E-state index is -3.68. The molecule has 0 unspecified atom stereocenters. The number of hydrogen-bond acceptors (Lipinski definition) is 4. The largest absolute Gasteiger partial charge is 0.241 e. The molecule has 7 heteroatoms. The van der Waals surface area contributed by atoms with Gasteiger partial charge < -0.3 is 0 Å². The van der Waals surface area contributed by atoms with Gasteiger partial charge in [0, 0.05) is 5.41 Å². The molecule has 5 nitrogen and oxygen atoms in total. The van der Waals surface area contributed by atoms with Gasteiger partial charge in [-0.15, -0.1) is 0 Å². The fraction of sp³-hybridized carbons (Fsp3) is 0.273. The minimum Gasteiger partial charge on any atom is -0.224 e. The van der Waals surface area contributed by atoms with E-state index in [2.05, 4.69) is 4.72 Å². The number of benzene rings is 1. The molecule has 1 atom stereocenters. The normalized spacial score (nSPS) is 22.2. The van der Waals surface area contributed by atoms with E-state index in [1.807, 2.05) is 6.92 Å². The molecule has 1 heterocycles. The van der Waals surface area contributed by atoms with Gasteiger partial charge in [0.25, 0.3) is 0 Å². The maximum atomic E-state index is 12.0. The van der Waals surface area contributed by atoms with Gasteiger partial charge in [-0.3, -0.25) is 0 Å². The van der Waals surface area contributed by atoms with Gasteiger partial charge in [-0.2, -0.15) is 0 Å². The van der Waals surface area contributed by atoms with Crippen LogP contribution in [0.4, 0.5) is 0 Å². The SMILES string of the molecule is Cc1ccc(S(=O)(=O)N[C@H]2C=CS(=O)(=O)C2)cc1. The third kappa shape index (κ3) is 2.98. The lowest BCUT2D eigenvalue weighted by Crippen LogP contribution is -2.35. The summed E-state index contributed by atoms with van der Waals surface area (Å²) in [5, 5.41) is 1.04. The Morgan fingerprint density at radius 2 is 1.83 bits per heavy atom. The van der Waals surface area contributed by atoms with Crippen molar-refractivity contribution in [2.45, 2.75) is 17.9 Å². The number of rotatable bonds is 3. The predicted molar refractivity (Wildman–Crippen MR) is 68.2 cm³/mol. The molecule has 1 aliphatic rings. The molecule has 0 aliphatic carbocycles. The van der Waals surface area contributed by atoms with Gasteiger partial charge >= 0.3 is 0 Å². The smallest absolute Gasteiger partial charge is 0.224 e. The average Bonchev–Trinajstić information content (AvgIpc) is 2.57. The highest BCUT2D eigenvalue weighted by atomic mass is 32.2. The maximum Gasteiger partial charge on any atom is 0.241 e. The van der Waals surface area contributed by atoms with Gasteiger partial charge in [-0.05, 0) is 19.1 Å². The quantitative estimate of drug-likeness (QED) is 0.882. The Morgan fingerprint density at radius 1 is 1.22 bits per heavy atom. The van der Waals surface area contributed by atoms with Gasteiger partial charge in [0.05, 0.1) is 16.7 Å². The van der Waals surface area contributed by atoms with E-state index in [9.17, 15) is 16.8 Å². The second kappa shape index (κ2) is 4.49. The second-order valence-electron chi connectivity index (χ2n) is 4.20. The van der Waals surface area contributed by atoms with Crippen molar-refractivity contribution < 1.29 is 16.8 Å². The molecule has 1 aromatic carbocycles. The molecule has 0 fully saturated rings. The first kappa shape index (κ1) is 13.3. The molecule has 0 aromatic heterocycles. The van der Waals surface area contributed by atoms with Crippen LogP contribution in [-0.4, -0.2) is 28.6 Å². The monoisotopic (exact) mass is 287 g/mol. The van der Waals surface area contributed by atoms with Crippen LogP contribution < -0.4 is 4.72 Å². The molecule has 0 bridgehead atoms. The lowest BCUT2D eigenvalue weighted by Gasteiger charge is -2.10. The van der Waals surface area contributed by atoms with Crippen molar-refractivity contribution >= 4 is 19.9 Å². The number of aryl methyl sites for hydroxylation is 1. The summed E-state index contributed by atoms with van der Waals surface area (Å²) in [5.41, 5.74) is 0.956. The van der Waals surface area contributed by atoms with Crippen LogP contribution >= 0.6 is 0 Å². The lowest BCUT2D eigenvalue weighted by atomic mass is 10.2. The fourth-order valence-electron chi connectivity index (χ4n) is 1.63. The summed E-state index contributed by atoms with van der Waals surface area (Å²) < 4.78 is 48.7. The van der Waals surface area contributed by atoms with E-state index in [1.165, 1.54) is 18.2 Å². The summed E-state index contributed by atoms with van der Waals surface area (Å²) in [5.74, 6) is -0.224. The van der Waals surface area contributed by atoms with Crippen LogP contribution in [0.1, 0.15) is 5.56 Å². The van der Waals surface area contributed by atoms with Gasteiger partial charge in [-0.1, -0.05) is 23.8 Å². The first-order valence-corrected chi connectivity index (χ1v) is 8.48. The number of sulfonamides is 1. The summed E-state index contributed by atoms with van der Waals surface area (Å²) in [6.07, 6.45) is 1.35. The zero-order chi connectivity index (χ0) is 13.4. The zero-order valence-corrected chi connectivity index (χ0v) is 11.3. The summed E-state index contributed by atoms with van der Waals surface area (Å²) >= 11 is 0. The molecular formula is C11H13NO4S2. The lowest BCUT2D eigenvalue weighted by molar-refractivity contribution is 0.575. The highest BCUT2D eigenvalue weighted by Crippen LogP contribution is 2.14. The predicted octanol–water partition coefficient (Wildman–Crippen LogP) is 0.584. The number of sulfone groups is 1. The average molecular weight is 287 g/mol. The Kier molecular flexibility index (Phi) is 3.31. The van der Waals surface area contributed by atoms with Crippen LogP contribution in [0.2, 0.25) is 0 Å². The van der Waals surface area contributed by atoms with Gasteiger partial charge in [0.2, 0.25) is 10.0 Å². The molecule has 0 radical (unpaired) electrons. The molecule has 1 aliphatic heterocycles.